The molecule has 1 aromatic rings. The van der Waals surface area contributed by atoms with E-state index in [2.05, 4.69) is 9.98 Å². The van der Waals surface area contributed by atoms with Crippen LogP contribution in [-0.2, 0) is 26.0 Å². The number of ether oxygens (including phenoxy) is 2. The van der Waals surface area contributed by atoms with Gasteiger partial charge in [0.15, 0.2) is 6.17 Å². The van der Waals surface area contributed by atoms with Crippen LogP contribution in [0, 0.1) is 11.6 Å². The first-order valence-corrected chi connectivity index (χ1v) is 9.78. The van der Waals surface area contributed by atoms with Crippen molar-refractivity contribution in [3.8, 4) is 0 Å². The number of benzene rings is 1. The molecule has 3 heterocycles. The number of dihydropyridines is 1. The van der Waals surface area contributed by atoms with E-state index in [1.807, 2.05) is 0 Å². The second-order valence-corrected chi connectivity index (χ2v) is 7.90. The lowest BCUT2D eigenvalue weighted by atomic mass is 9.99. The zero-order chi connectivity index (χ0) is 20.9. The second kappa shape index (κ2) is 6.74. The molecular weight excluding hydrogens is 410 g/mol. The monoisotopic (exact) mass is 424 g/mol. The van der Waals surface area contributed by atoms with Crippen molar-refractivity contribution >= 4 is 28.5 Å². The average Bonchev–Trinajstić information content (AvgIpc) is 3.08. The lowest BCUT2D eigenvalue weighted by molar-refractivity contribution is 0.109. The van der Waals surface area contributed by atoms with Crippen LogP contribution in [-0.4, -0.2) is 51.7 Å². The van der Waals surface area contributed by atoms with E-state index in [1.165, 1.54) is 19.5 Å². The first-order chi connectivity index (χ1) is 13.7. The van der Waals surface area contributed by atoms with Crippen LogP contribution in [0.3, 0.4) is 0 Å². The summed E-state index contributed by atoms with van der Waals surface area (Å²) >= 11 is 0. The van der Waals surface area contributed by atoms with Crippen LogP contribution in [0.5, 0.6) is 0 Å². The molecule has 12 heteroatoms. The molecule has 1 unspecified atom stereocenters. The maximum atomic E-state index is 14.5. The molecule has 0 radical (unpaired) electrons. The Bertz CT molecular complexity index is 1130. The topological polar surface area (TPSA) is 124 Å². The zero-order valence-electron chi connectivity index (χ0n) is 14.9. The average molecular weight is 424 g/mol. The smallest absolute Gasteiger partial charge is 0.414 e. The third-order valence-corrected chi connectivity index (χ3v) is 5.50. The number of amides is 1. The number of cyclic esters (lactones) is 1. The van der Waals surface area contributed by atoms with Gasteiger partial charge in [-0.15, -0.1) is 0 Å². The van der Waals surface area contributed by atoms with E-state index in [-0.39, 0.29) is 6.61 Å². The molecule has 0 fully saturated rings. The number of halogens is 2. The molecule has 4 rings (SSSR count). The van der Waals surface area contributed by atoms with Crippen LogP contribution >= 0.6 is 0 Å². The van der Waals surface area contributed by atoms with Gasteiger partial charge in [0.2, 0.25) is 10.0 Å². The Balaban J connectivity index is 1.79. The molecule has 0 spiro atoms. The van der Waals surface area contributed by atoms with Gasteiger partial charge in [-0.05, 0) is 12.1 Å². The first-order valence-electron chi connectivity index (χ1n) is 8.23. The third-order valence-electron chi connectivity index (χ3n) is 4.61. The second-order valence-electron chi connectivity index (χ2n) is 6.34. The highest BCUT2D eigenvalue weighted by atomic mass is 32.2. The Morgan fingerprint density at radius 3 is 2.55 bits per heavy atom. The molecule has 9 nitrogen and oxygen atoms in total. The van der Waals surface area contributed by atoms with Crippen molar-refractivity contribution in [2.24, 2.45) is 15.1 Å². The molecule has 0 bridgehead atoms. The summed E-state index contributed by atoms with van der Waals surface area (Å²) in [5.74, 6) is -1.97. The fraction of sp³-hybridized carbons (Fsp3) is 0.235. The van der Waals surface area contributed by atoms with E-state index in [1.54, 1.807) is 0 Å². The van der Waals surface area contributed by atoms with E-state index < -0.39 is 50.9 Å². The number of primary sulfonamides is 1. The van der Waals surface area contributed by atoms with Gasteiger partial charge in [0.25, 0.3) is 0 Å². The van der Waals surface area contributed by atoms with E-state index in [9.17, 15) is 22.0 Å². The number of methoxy groups -OCH3 is 1. The van der Waals surface area contributed by atoms with Crippen molar-refractivity contribution in [2.45, 2.75) is 17.6 Å². The van der Waals surface area contributed by atoms with Gasteiger partial charge in [-0.2, -0.15) is 0 Å². The molecule has 2 N–H and O–H groups in total. The highest BCUT2D eigenvalue weighted by Crippen LogP contribution is 2.37. The Kier molecular flexibility index (Phi) is 4.46. The summed E-state index contributed by atoms with van der Waals surface area (Å²) in [5, 5.41) is 4.93. The van der Waals surface area contributed by atoms with Crippen molar-refractivity contribution in [1.82, 2.24) is 4.90 Å². The minimum absolute atomic E-state index is 0.0727. The molecule has 3 aliphatic heterocycles. The molecule has 0 aromatic heterocycles. The number of nitrogens with zero attached hydrogens (tertiary/aromatic N) is 3. The Labute approximate surface area is 163 Å². The summed E-state index contributed by atoms with van der Waals surface area (Å²) in [6.07, 6.45) is 1.46. The molecule has 1 atom stereocenters. The molecular formula is C17H14F2N4O5S. The molecule has 29 heavy (non-hydrogen) atoms. The highest BCUT2D eigenvalue weighted by molar-refractivity contribution is 7.89. The summed E-state index contributed by atoms with van der Waals surface area (Å²) in [4.78, 5) is 21.2. The van der Waals surface area contributed by atoms with E-state index in [0.29, 0.717) is 34.7 Å². The number of sulfonamides is 1. The van der Waals surface area contributed by atoms with Gasteiger partial charge in [-0.3, -0.25) is 14.9 Å². The lowest BCUT2D eigenvalue weighted by Crippen LogP contribution is -2.40. The number of carbonyl (C=O) groups is 1. The Morgan fingerprint density at radius 2 is 1.93 bits per heavy atom. The number of nitrogens with two attached hydrogens (primary N) is 1. The van der Waals surface area contributed by atoms with Crippen LogP contribution in [0.4, 0.5) is 13.6 Å². The lowest BCUT2D eigenvalue weighted by Gasteiger charge is -2.34. The number of hydrogen-bond donors (Lipinski definition) is 1. The van der Waals surface area contributed by atoms with Crippen LogP contribution in [0.15, 0.2) is 49.6 Å². The molecule has 0 saturated heterocycles. The van der Waals surface area contributed by atoms with Gasteiger partial charge >= 0.3 is 6.09 Å². The number of rotatable bonds is 4. The number of aliphatic imine (C=N–C) groups is 2. The maximum absolute atomic E-state index is 14.5. The minimum atomic E-state index is -4.30. The molecule has 1 amide bonds. The molecule has 0 aliphatic carbocycles. The van der Waals surface area contributed by atoms with E-state index in [0.717, 1.165) is 4.90 Å². The fourth-order valence-corrected chi connectivity index (χ4v) is 3.78. The number of fused-ring (bicyclic) bond motifs is 2. The summed E-state index contributed by atoms with van der Waals surface area (Å²) in [7, 11) is -2.88. The quantitative estimate of drug-likeness (QED) is 0.778. The van der Waals surface area contributed by atoms with Gasteiger partial charge in [-0.25, -0.2) is 27.1 Å². The Morgan fingerprint density at radius 1 is 1.28 bits per heavy atom. The van der Waals surface area contributed by atoms with Crippen LogP contribution < -0.4 is 5.14 Å². The molecule has 3 aliphatic rings. The summed E-state index contributed by atoms with van der Waals surface area (Å²) in [5.41, 5.74) is 0.798. The van der Waals surface area contributed by atoms with Crippen molar-refractivity contribution in [3.63, 3.8) is 0 Å². The largest absolute Gasteiger partial charge is 0.495 e. The van der Waals surface area contributed by atoms with Crippen LogP contribution in [0.1, 0.15) is 5.56 Å². The summed E-state index contributed by atoms with van der Waals surface area (Å²) < 4.78 is 62.1. The van der Waals surface area contributed by atoms with Gasteiger partial charge in [0, 0.05) is 17.4 Å². The molecule has 0 saturated carbocycles. The number of hydrogen-bond acceptors (Lipinski definition) is 7. The third kappa shape index (κ3) is 3.19. The normalized spacial score (nSPS) is 20.8. The maximum Gasteiger partial charge on any atom is 0.414 e. The van der Waals surface area contributed by atoms with Crippen molar-refractivity contribution < 1.29 is 31.5 Å². The predicted octanol–water partition coefficient (Wildman–Crippen LogP) is 1.21. The van der Waals surface area contributed by atoms with Gasteiger partial charge < -0.3 is 9.47 Å². The van der Waals surface area contributed by atoms with Crippen molar-refractivity contribution in [1.29, 1.82) is 0 Å². The summed E-state index contributed by atoms with van der Waals surface area (Å²) in [6, 6.07) is 1.20. The van der Waals surface area contributed by atoms with Gasteiger partial charge in [-0.1, -0.05) is 0 Å². The van der Waals surface area contributed by atoms with Crippen LogP contribution in [0.2, 0.25) is 0 Å². The van der Waals surface area contributed by atoms with Crippen LogP contribution in [0.25, 0.3) is 0 Å². The van der Waals surface area contributed by atoms with E-state index >= 15 is 0 Å². The summed E-state index contributed by atoms with van der Waals surface area (Å²) in [6.45, 7) is -0.627. The first kappa shape index (κ1) is 19.2. The number of allylic oxidation sites excluding steroid dienone is 1. The van der Waals surface area contributed by atoms with Crippen molar-refractivity contribution in [3.05, 3.63) is 51.9 Å². The minimum Gasteiger partial charge on any atom is -0.495 e. The zero-order valence-corrected chi connectivity index (χ0v) is 15.7. The standard InChI is InChI=1S/C17H14F2N4O5S/c1-27-13-5-22-16-14(13)15-8(4-21-16)7-28-17(24)23(15)6-10-11(18)2-9(3-12(10)19)29(20,25)26/h2-5,16H,6-7H2,1H3,(H2,20,25,26). The fourth-order valence-electron chi connectivity index (χ4n) is 3.25. The van der Waals surface area contributed by atoms with Gasteiger partial charge in [0.1, 0.15) is 24.0 Å². The van der Waals surface area contributed by atoms with Crippen molar-refractivity contribution in [2.75, 3.05) is 13.7 Å². The molecule has 1 aromatic carbocycles. The highest BCUT2D eigenvalue weighted by Gasteiger charge is 2.39. The SMILES string of the molecule is COC1=C2C3=C(C=NC2N=C1)COC(=O)N3Cc1c(F)cc(S(N)(=O)=O)cc1F. The van der Waals surface area contributed by atoms with Gasteiger partial charge in [0.05, 0.1) is 36.0 Å². The predicted molar refractivity (Wildman–Crippen MR) is 96.5 cm³/mol. The number of carbonyl (C=O) groups excluding carboxylic acids is 1. The molecule has 152 valence electrons. The van der Waals surface area contributed by atoms with E-state index in [4.69, 9.17) is 14.6 Å². The Hall–Kier alpha value is -3.12.